The minimum absolute atomic E-state index is 0.0560. The summed E-state index contributed by atoms with van der Waals surface area (Å²) in [6.45, 7) is 0.164. The Bertz CT molecular complexity index is 1500. The molecule has 1 aliphatic rings. The topological polar surface area (TPSA) is 114 Å². The Hall–Kier alpha value is -3.29. The number of nitrogens with one attached hydrogen (secondary N) is 1. The van der Waals surface area contributed by atoms with E-state index in [1.165, 1.54) is 41.4 Å². The van der Waals surface area contributed by atoms with E-state index in [2.05, 4.69) is 9.71 Å². The summed E-state index contributed by atoms with van der Waals surface area (Å²) >= 11 is 0. The molecule has 2 heterocycles. The van der Waals surface area contributed by atoms with Gasteiger partial charge in [0, 0.05) is 12.7 Å². The van der Waals surface area contributed by atoms with Gasteiger partial charge in [-0.05, 0) is 61.7 Å². The minimum atomic E-state index is -5.09. The largest absolute Gasteiger partial charge is 0.417 e. The zero-order valence-corrected chi connectivity index (χ0v) is 20.9. The maximum atomic E-state index is 13.8. The van der Waals surface area contributed by atoms with Gasteiger partial charge < -0.3 is 4.90 Å². The molecule has 2 aromatic carbocycles. The number of carbonyl (C=O) groups is 1. The van der Waals surface area contributed by atoms with Crippen molar-refractivity contribution >= 4 is 25.8 Å². The zero-order chi connectivity index (χ0) is 26.8. The summed E-state index contributed by atoms with van der Waals surface area (Å²) in [5.74, 6) is -0.579. The third kappa shape index (κ3) is 5.68. The Morgan fingerprint density at radius 1 is 0.919 bits per heavy atom. The molecule has 0 saturated carbocycles. The van der Waals surface area contributed by atoms with Crippen LogP contribution in [0.25, 0.3) is 0 Å². The van der Waals surface area contributed by atoms with Crippen molar-refractivity contribution in [1.82, 2.24) is 14.6 Å². The van der Waals surface area contributed by atoms with E-state index in [1.807, 2.05) is 0 Å². The van der Waals surface area contributed by atoms with Crippen LogP contribution in [-0.4, -0.2) is 45.3 Å². The van der Waals surface area contributed by atoms with Gasteiger partial charge in [-0.25, -0.2) is 16.8 Å². The van der Waals surface area contributed by atoms with Gasteiger partial charge in [0.2, 0.25) is 19.9 Å². The zero-order valence-electron chi connectivity index (χ0n) is 19.2. The fraction of sp³-hybridized carbons (Fsp3) is 0.250. The highest BCUT2D eigenvalue weighted by molar-refractivity contribution is 7.91. The second-order valence-electron chi connectivity index (χ2n) is 8.32. The molecule has 3 aromatic rings. The van der Waals surface area contributed by atoms with Crippen LogP contribution in [0, 0.1) is 0 Å². The predicted octanol–water partition coefficient (Wildman–Crippen LogP) is 3.86. The number of sulfonamides is 1. The standard InChI is InChI=1S/C24H22F3N3O5S2/c25-24(26,27)19-13-12-18(36(32,33)17-8-2-1-3-9-17)16-21(19)37(34,35)29-22-11-5-7-15-30(22)23(31)20-10-4-6-14-28-20/h1-4,6,8-10,12-14,16,22,29H,5,7,11,15H2. The number of sulfone groups is 1. The van der Waals surface area contributed by atoms with Crippen LogP contribution < -0.4 is 4.72 Å². The number of pyridine rings is 1. The minimum Gasteiger partial charge on any atom is -0.321 e. The van der Waals surface area contributed by atoms with Crippen molar-refractivity contribution < 1.29 is 34.8 Å². The Labute approximate surface area is 212 Å². The highest BCUT2D eigenvalue weighted by Gasteiger charge is 2.40. The quantitative estimate of drug-likeness (QED) is 0.496. The van der Waals surface area contributed by atoms with E-state index in [0.717, 1.165) is 6.07 Å². The van der Waals surface area contributed by atoms with Crippen LogP contribution in [-0.2, 0) is 26.0 Å². The molecule has 1 fully saturated rings. The van der Waals surface area contributed by atoms with Crippen molar-refractivity contribution in [3.8, 4) is 0 Å². The summed E-state index contributed by atoms with van der Waals surface area (Å²) in [5.41, 5.74) is -1.47. The number of amides is 1. The van der Waals surface area contributed by atoms with E-state index >= 15 is 0 Å². The summed E-state index contributed by atoms with van der Waals surface area (Å²) in [4.78, 5) is 16.1. The molecule has 0 bridgehead atoms. The number of hydrogen-bond acceptors (Lipinski definition) is 6. The molecule has 8 nitrogen and oxygen atoms in total. The van der Waals surface area contributed by atoms with Crippen LogP contribution in [0.1, 0.15) is 35.3 Å². The first-order valence-electron chi connectivity index (χ1n) is 11.2. The number of halogens is 3. The van der Waals surface area contributed by atoms with Gasteiger partial charge in [0.1, 0.15) is 5.69 Å². The molecule has 0 radical (unpaired) electrons. The molecule has 1 N–H and O–H groups in total. The molecule has 13 heteroatoms. The van der Waals surface area contributed by atoms with E-state index in [0.29, 0.717) is 25.0 Å². The normalized spacial score (nSPS) is 16.9. The van der Waals surface area contributed by atoms with Crippen molar-refractivity contribution in [3.05, 3.63) is 84.2 Å². The molecule has 1 atom stereocenters. The summed E-state index contributed by atoms with van der Waals surface area (Å²) < 4.78 is 96.3. The van der Waals surface area contributed by atoms with Gasteiger partial charge in [-0.2, -0.15) is 17.9 Å². The van der Waals surface area contributed by atoms with Crippen LogP contribution in [0.3, 0.4) is 0 Å². The van der Waals surface area contributed by atoms with Gasteiger partial charge in [0.15, 0.2) is 0 Å². The third-order valence-electron chi connectivity index (χ3n) is 5.85. The summed E-state index contributed by atoms with van der Waals surface area (Å²) in [7, 11) is -9.25. The predicted molar refractivity (Wildman–Crippen MR) is 127 cm³/mol. The average Bonchev–Trinajstić information content (AvgIpc) is 2.88. The first-order valence-corrected chi connectivity index (χ1v) is 14.1. The molecular weight excluding hydrogens is 531 g/mol. The SMILES string of the molecule is O=C(c1ccccn1)N1CCCCC1NS(=O)(=O)c1cc(S(=O)(=O)c2ccccc2)ccc1C(F)(F)F. The van der Waals surface area contributed by atoms with E-state index in [-0.39, 0.29) is 23.6 Å². The molecule has 1 aromatic heterocycles. The molecule has 37 heavy (non-hydrogen) atoms. The van der Waals surface area contributed by atoms with Gasteiger partial charge >= 0.3 is 6.18 Å². The number of likely N-dealkylation sites (tertiary alicyclic amines) is 1. The number of hydrogen-bond donors (Lipinski definition) is 1. The van der Waals surface area contributed by atoms with Gasteiger partial charge in [-0.3, -0.25) is 9.78 Å². The number of alkyl halides is 3. The summed E-state index contributed by atoms with van der Waals surface area (Å²) in [6, 6.07) is 13.2. The van der Waals surface area contributed by atoms with E-state index in [1.54, 1.807) is 18.2 Å². The maximum absolute atomic E-state index is 13.8. The monoisotopic (exact) mass is 553 g/mol. The molecule has 0 spiro atoms. The van der Waals surface area contributed by atoms with E-state index < -0.39 is 53.5 Å². The second-order valence-corrected chi connectivity index (χ2v) is 12.0. The summed E-state index contributed by atoms with van der Waals surface area (Å²) in [5, 5.41) is 0. The van der Waals surface area contributed by atoms with Gasteiger partial charge in [-0.15, -0.1) is 0 Å². The molecular formula is C24H22F3N3O5S2. The lowest BCUT2D eigenvalue weighted by atomic mass is 10.1. The first kappa shape index (κ1) is 26.8. The van der Waals surface area contributed by atoms with Crippen molar-refractivity contribution in [2.75, 3.05) is 6.54 Å². The van der Waals surface area contributed by atoms with Crippen molar-refractivity contribution in [3.63, 3.8) is 0 Å². The van der Waals surface area contributed by atoms with Crippen LogP contribution in [0.4, 0.5) is 13.2 Å². The number of rotatable bonds is 6. The first-order chi connectivity index (χ1) is 17.4. The average molecular weight is 554 g/mol. The summed E-state index contributed by atoms with van der Waals surface area (Å²) in [6.07, 6.45) is -3.60. The third-order valence-corrected chi connectivity index (χ3v) is 9.12. The van der Waals surface area contributed by atoms with Crippen LogP contribution in [0.5, 0.6) is 0 Å². The molecule has 196 valence electrons. The fourth-order valence-corrected chi connectivity index (χ4v) is 6.91. The smallest absolute Gasteiger partial charge is 0.321 e. The number of aromatic nitrogens is 1. The molecule has 4 rings (SSSR count). The highest BCUT2D eigenvalue weighted by atomic mass is 32.2. The second kappa shape index (κ2) is 10.2. The number of nitrogens with zero attached hydrogens (tertiary/aromatic N) is 2. The van der Waals surface area contributed by atoms with E-state index in [9.17, 15) is 34.8 Å². The molecule has 0 aliphatic carbocycles. The van der Waals surface area contributed by atoms with Gasteiger partial charge in [-0.1, -0.05) is 24.3 Å². The molecule has 1 amide bonds. The lowest BCUT2D eigenvalue weighted by Crippen LogP contribution is -2.53. The number of piperidine rings is 1. The van der Waals surface area contributed by atoms with Crippen molar-refractivity contribution in [1.29, 1.82) is 0 Å². The van der Waals surface area contributed by atoms with Crippen molar-refractivity contribution in [2.45, 2.75) is 46.3 Å². The van der Waals surface area contributed by atoms with E-state index in [4.69, 9.17) is 0 Å². The molecule has 1 saturated heterocycles. The maximum Gasteiger partial charge on any atom is 0.417 e. The van der Waals surface area contributed by atoms with Crippen LogP contribution in [0.15, 0.2) is 87.6 Å². The van der Waals surface area contributed by atoms with Crippen molar-refractivity contribution in [2.24, 2.45) is 0 Å². The van der Waals surface area contributed by atoms with Gasteiger partial charge in [0.05, 0.1) is 26.4 Å². The lowest BCUT2D eigenvalue weighted by molar-refractivity contribution is -0.140. The number of benzene rings is 2. The Balaban J connectivity index is 1.74. The fourth-order valence-electron chi connectivity index (χ4n) is 4.04. The van der Waals surface area contributed by atoms with Crippen LogP contribution in [0.2, 0.25) is 0 Å². The Morgan fingerprint density at radius 3 is 2.27 bits per heavy atom. The molecule has 1 aliphatic heterocycles. The number of carbonyl (C=O) groups excluding carboxylic acids is 1. The lowest BCUT2D eigenvalue weighted by Gasteiger charge is -2.35. The molecule has 1 unspecified atom stereocenters. The Kier molecular flexibility index (Phi) is 7.40. The Morgan fingerprint density at radius 2 is 1.62 bits per heavy atom. The van der Waals surface area contributed by atoms with Crippen LogP contribution >= 0.6 is 0 Å². The highest BCUT2D eigenvalue weighted by Crippen LogP contribution is 2.36. The van der Waals surface area contributed by atoms with Gasteiger partial charge in [0.25, 0.3) is 5.91 Å².